The van der Waals surface area contributed by atoms with Crippen LogP contribution in [0.4, 0.5) is 5.13 Å². The van der Waals surface area contributed by atoms with E-state index in [9.17, 15) is 4.79 Å². The lowest BCUT2D eigenvalue weighted by Crippen LogP contribution is -2.38. The molecule has 0 saturated carbocycles. The van der Waals surface area contributed by atoms with Crippen LogP contribution in [0.1, 0.15) is 24.8 Å². The molecule has 1 aliphatic heterocycles. The Morgan fingerprint density at radius 2 is 2.15 bits per heavy atom. The molecule has 1 N–H and O–H groups in total. The molecule has 0 atom stereocenters. The highest BCUT2D eigenvalue weighted by Crippen LogP contribution is 2.36. The Morgan fingerprint density at radius 1 is 1.35 bits per heavy atom. The molecular weight excluding hydrogens is 374 g/mol. The number of hydrogen-bond acceptors (Lipinski definition) is 6. The molecule has 1 saturated heterocycles. The molecule has 0 aliphatic carbocycles. The highest BCUT2D eigenvalue weighted by Gasteiger charge is 2.19. The zero-order valence-electron chi connectivity index (χ0n) is 14.7. The van der Waals surface area contributed by atoms with Gasteiger partial charge in [0.25, 0.3) is 5.91 Å². The molecule has 0 unspecified atom stereocenters. The molecule has 1 aliphatic rings. The zero-order chi connectivity index (χ0) is 18.4. The van der Waals surface area contributed by atoms with Gasteiger partial charge in [0.15, 0.2) is 23.2 Å². The van der Waals surface area contributed by atoms with E-state index < -0.39 is 0 Å². The van der Waals surface area contributed by atoms with E-state index in [4.69, 9.17) is 21.1 Å². The number of amides is 1. The maximum absolute atomic E-state index is 12.3. The molecule has 1 aromatic carbocycles. The third-order valence-corrected chi connectivity index (χ3v) is 5.23. The first-order valence-electron chi connectivity index (χ1n) is 8.57. The van der Waals surface area contributed by atoms with Crippen LogP contribution in [-0.2, 0) is 11.3 Å². The van der Waals surface area contributed by atoms with Gasteiger partial charge in [0, 0.05) is 31.2 Å². The highest BCUT2D eigenvalue weighted by atomic mass is 35.5. The third-order valence-electron chi connectivity index (χ3n) is 4.21. The normalized spacial score (nSPS) is 14.2. The number of thiazole rings is 1. The fourth-order valence-electron chi connectivity index (χ4n) is 2.87. The highest BCUT2D eigenvalue weighted by molar-refractivity contribution is 7.13. The van der Waals surface area contributed by atoms with E-state index in [0.29, 0.717) is 23.1 Å². The monoisotopic (exact) mass is 395 g/mol. The Hall–Kier alpha value is -1.99. The van der Waals surface area contributed by atoms with Gasteiger partial charge in [-0.15, -0.1) is 11.3 Å². The molecule has 1 fully saturated rings. The summed E-state index contributed by atoms with van der Waals surface area (Å²) in [4.78, 5) is 18.3. The molecule has 0 spiro atoms. The van der Waals surface area contributed by atoms with E-state index >= 15 is 0 Å². The first-order valence-corrected chi connectivity index (χ1v) is 9.83. The average molecular weight is 396 g/mol. The first kappa shape index (κ1) is 18.8. The number of carbonyl (C=O) groups excluding carboxylic acids is 1. The largest absolute Gasteiger partial charge is 0.493 e. The van der Waals surface area contributed by atoms with Crippen LogP contribution in [0.3, 0.4) is 0 Å². The van der Waals surface area contributed by atoms with Crippen molar-refractivity contribution in [3.63, 3.8) is 0 Å². The Balaban J connectivity index is 1.63. The number of rotatable bonds is 7. The van der Waals surface area contributed by atoms with Gasteiger partial charge in [-0.05, 0) is 37.0 Å². The average Bonchev–Trinajstić information content (AvgIpc) is 3.19. The summed E-state index contributed by atoms with van der Waals surface area (Å²) in [6, 6.07) is 3.67. The first-order chi connectivity index (χ1) is 12.7. The van der Waals surface area contributed by atoms with E-state index in [2.05, 4.69) is 10.3 Å². The third kappa shape index (κ3) is 4.80. The van der Waals surface area contributed by atoms with Gasteiger partial charge in [0.1, 0.15) is 0 Å². The summed E-state index contributed by atoms with van der Waals surface area (Å²) in [5, 5.41) is 6.40. The van der Waals surface area contributed by atoms with Crippen molar-refractivity contribution in [2.75, 3.05) is 32.1 Å². The predicted molar refractivity (Wildman–Crippen MR) is 103 cm³/mol. The number of nitrogens with zero attached hydrogens (tertiary/aromatic N) is 2. The Kier molecular flexibility index (Phi) is 6.57. The second-order valence-electron chi connectivity index (χ2n) is 6.03. The maximum Gasteiger partial charge on any atom is 0.260 e. The van der Waals surface area contributed by atoms with E-state index in [0.717, 1.165) is 36.6 Å². The zero-order valence-corrected chi connectivity index (χ0v) is 16.2. The topological polar surface area (TPSA) is 63.7 Å². The smallest absolute Gasteiger partial charge is 0.260 e. The van der Waals surface area contributed by atoms with Crippen LogP contribution < -0.4 is 14.8 Å². The number of carbonyl (C=O) groups is 1. The molecule has 1 amide bonds. The van der Waals surface area contributed by atoms with Crippen LogP contribution >= 0.6 is 22.9 Å². The fourth-order valence-corrected chi connectivity index (χ4v) is 3.69. The quantitative estimate of drug-likeness (QED) is 0.772. The molecule has 3 rings (SSSR count). The van der Waals surface area contributed by atoms with Crippen LogP contribution in [0.15, 0.2) is 23.7 Å². The standard InChI is InChI=1S/C18H22ClN3O3S/c1-24-15-10-13(11-21-18-20-5-8-26-18)9-14(19)17(15)25-12-16(23)22-6-3-2-4-7-22/h5,8-10H,2-4,6-7,11-12H2,1H3,(H,20,21). The number of hydrogen-bond donors (Lipinski definition) is 1. The number of nitrogens with one attached hydrogen (secondary N) is 1. The van der Waals surface area contributed by atoms with Gasteiger partial charge in [0.2, 0.25) is 0 Å². The van der Waals surface area contributed by atoms with Crippen molar-refractivity contribution < 1.29 is 14.3 Å². The van der Waals surface area contributed by atoms with E-state index in [1.165, 1.54) is 17.8 Å². The summed E-state index contributed by atoms with van der Waals surface area (Å²) in [5.74, 6) is 0.898. The number of likely N-dealkylation sites (tertiary alicyclic amines) is 1. The Labute approximate surface area is 162 Å². The van der Waals surface area contributed by atoms with Crippen LogP contribution in [0, 0.1) is 0 Å². The van der Waals surface area contributed by atoms with Crippen LogP contribution in [0.5, 0.6) is 11.5 Å². The summed E-state index contributed by atoms with van der Waals surface area (Å²) >= 11 is 7.90. The minimum atomic E-state index is -0.0349. The molecule has 26 heavy (non-hydrogen) atoms. The second-order valence-corrected chi connectivity index (χ2v) is 7.33. The number of benzene rings is 1. The van der Waals surface area contributed by atoms with Crippen LogP contribution in [0.2, 0.25) is 5.02 Å². The van der Waals surface area contributed by atoms with Crippen molar-refractivity contribution in [2.24, 2.45) is 0 Å². The Bertz CT molecular complexity index is 734. The van der Waals surface area contributed by atoms with E-state index in [1.54, 1.807) is 13.3 Å². The number of anilines is 1. The minimum absolute atomic E-state index is 0.0164. The lowest BCUT2D eigenvalue weighted by Gasteiger charge is -2.26. The molecular formula is C18H22ClN3O3S. The molecule has 2 aromatic rings. The van der Waals surface area contributed by atoms with Gasteiger partial charge >= 0.3 is 0 Å². The molecule has 0 radical (unpaired) electrons. The predicted octanol–water partition coefficient (Wildman–Crippen LogP) is 3.81. The summed E-state index contributed by atoms with van der Waals surface area (Å²) in [5.41, 5.74) is 0.941. The molecule has 1 aromatic heterocycles. The van der Waals surface area contributed by atoms with Gasteiger partial charge in [-0.1, -0.05) is 11.6 Å². The molecule has 8 heteroatoms. The van der Waals surface area contributed by atoms with Crippen molar-refractivity contribution in [1.29, 1.82) is 0 Å². The van der Waals surface area contributed by atoms with E-state index in [1.807, 2.05) is 22.4 Å². The van der Waals surface area contributed by atoms with Crippen molar-refractivity contribution >= 4 is 34.0 Å². The Morgan fingerprint density at radius 3 is 2.85 bits per heavy atom. The van der Waals surface area contributed by atoms with Crippen LogP contribution in [-0.4, -0.2) is 42.6 Å². The molecule has 6 nitrogen and oxygen atoms in total. The van der Waals surface area contributed by atoms with Crippen LogP contribution in [0.25, 0.3) is 0 Å². The SMILES string of the molecule is COc1cc(CNc2nccs2)cc(Cl)c1OCC(=O)N1CCCCC1. The second kappa shape index (κ2) is 9.09. The number of ether oxygens (including phenoxy) is 2. The fraction of sp³-hybridized carbons (Fsp3) is 0.444. The lowest BCUT2D eigenvalue weighted by atomic mass is 10.1. The van der Waals surface area contributed by atoms with Gasteiger partial charge < -0.3 is 19.7 Å². The van der Waals surface area contributed by atoms with Crippen molar-refractivity contribution in [2.45, 2.75) is 25.8 Å². The van der Waals surface area contributed by atoms with Gasteiger partial charge in [-0.25, -0.2) is 4.98 Å². The number of halogens is 1. The maximum atomic E-state index is 12.3. The summed E-state index contributed by atoms with van der Waals surface area (Å²) in [6.45, 7) is 2.13. The molecule has 140 valence electrons. The molecule has 0 bridgehead atoms. The molecule has 2 heterocycles. The van der Waals surface area contributed by atoms with Gasteiger partial charge in [-0.2, -0.15) is 0 Å². The van der Waals surface area contributed by atoms with E-state index in [-0.39, 0.29) is 12.5 Å². The summed E-state index contributed by atoms with van der Waals surface area (Å²) in [7, 11) is 1.56. The summed E-state index contributed by atoms with van der Waals surface area (Å²) < 4.78 is 11.1. The minimum Gasteiger partial charge on any atom is -0.493 e. The number of piperidine rings is 1. The number of methoxy groups -OCH3 is 1. The van der Waals surface area contributed by atoms with Crippen molar-refractivity contribution in [3.05, 3.63) is 34.3 Å². The lowest BCUT2D eigenvalue weighted by molar-refractivity contribution is -0.134. The van der Waals surface area contributed by atoms with Gasteiger partial charge in [-0.3, -0.25) is 4.79 Å². The van der Waals surface area contributed by atoms with Crippen molar-refractivity contribution in [1.82, 2.24) is 9.88 Å². The van der Waals surface area contributed by atoms with Gasteiger partial charge in [0.05, 0.1) is 12.1 Å². The summed E-state index contributed by atoms with van der Waals surface area (Å²) in [6.07, 6.45) is 5.03. The van der Waals surface area contributed by atoms with Crippen molar-refractivity contribution in [3.8, 4) is 11.5 Å². The number of aromatic nitrogens is 1.